The van der Waals surface area contributed by atoms with Crippen LogP contribution >= 0.6 is 11.8 Å². The molecule has 2 N–H and O–H groups in total. The average Bonchev–Trinajstić information content (AvgIpc) is 3.01. The van der Waals surface area contributed by atoms with E-state index < -0.39 is 0 Å². The van der Waals surface area contributed by atoms with Crippen molar-refractivity contribution in [2.45, 2.75) is 25.4 Å². The zero-order chi connectivity index (χ0) is 12.9. The number of H-pyrrole nitrogens is 1. The largest absolute Gasteiger partial charge is 0.309 e. The number of aromatic nitrogens is 4. The van der Waals surface area contributed by atoms with E-state index in [4.69, 9.17) is 0 Å². The molecule has 0 bridgehead atoms. The molecule has 6 heteroatoms. The van der Waals surface area contributed by atoms with Gasteiger partial charge in [0, 0.05) is 23.9 Å². The van der Waals surface area contributed by atoms with Crippen molar-refractivity contribution in [1.29, 1.82) is 0 Å². The van der Waals surface area contributed by atoms with Crippen LogP contribution in [-0.4, -0.2) is 38.2 Å². The first-order chi connectivity index (χ1) is 9.42. The van der Waals surface area contributed by atoms with Gasteiger partial charge in [-0.2, -0.15) is 17.0 Å². The van der Waals surface area contributed by atoms with Crippen LogP contribution in [0.4, 0.5) is 0 Å². The Morgan fingerprint density at radius 1 is 1.42 bits per heavy atom. The van der Waals surface area contributed by atoms with Gasteiger partial charge in [0.05, 0.1) is 0 Å². The first kappa shape index (κ1) is 12.6. The van der Waals surface area contributed by atoms with Gasteiger partial charge in [-0.05, 0) is 35.4 Å². The highest BCUT2D eigenvalue weighted by Gasteiger charge is 2.12. The summed E-state index contributed by atoms with van der Waals surface area (Å²) in [5, 5.41) is 17.7. The number of rotatable bonds is 4. The predicted octanol–water partition coefficient (Wildman–Crippen LogP) is 1.85. The Morgan fingerprint density at radius 3 is 3.21 bits per heavy atom. The quantitative estimate of drug-likeness (QED) is 0.891. The average molecular weight is 275 g/mol. The van der Waals surface area contributed by atoms with Crippen LogP contribution in [0.1, 0.15) is 18.4 Å². The third-order valence-corrected chi connectivity index (χ3v) is 4.50. The van der Waals surface area contributed by atoms with Crippen LogP contribution in [0.25, 0.3) is 11.4 Å². The minimum atomic E-state index is 0.646. The Balaban J connectivity index is 1.63. The molecule has 1 unspecified atom stereocenters. The minimum Gasteiger partial charge on any atom is -0.309 e. The Kier molecular flexibility index (Phi) is 4.10. The molecule has 19 heavy (non-hydrogen) atoms. The van der Waals surface area contributed by atoms with E-state index in [1.165, 1.54) is 29.9 Å². The minimum absolute atomic E-state index is 0.646. The molecule has 100 valence electrons. The molecule has 1 aromatic heterocycles. The number of tetrazole rings is 1. The molecule has 1 fully saturated rings. The first-order valence-electron chi connectivity index (χ1n) is 6.56. The van der Waals surface area contributed by atoms with Crippen molar-refractivity contribution in [3.8, 4) is 11.4 Å². The maximum atomic E-state index is 4.01. The fourth-order valence-electron chi connectivity index (χ4n) is 2.27. The molecular weight excluding hydrogens is 258 g/mol. The number of thioether (sulfide) groups is 1. The van der Waals surface area contributed by atoms with E-state index in [1.54, 1.807) is 0 Å². The Morgan fingerprint density at radius 2 is 2.42 bits per heavy atom. The number of nitrogens with zero attached hydrogens (tertiary/aromatic N) is 3. The van der Waals surface area contributed by atoms with Gasteiger partial charge in [0.2, 0.25) is 5.82 Å². The molecule has 2 aromatic rings. The molecule has 2 heterocycles. The van der Waals surface area contributed by atoms with Crippen molar-refractivity contribution in [2.75, 3.05) is 11.5 Å². The highest BCUT2D eigenvalue weighted by atomic mass is 32.2. The monoisotopic (exact) mass is 275 g/mol. The lowest BCUT2D eigenvalue weighted by Gasteiger charge is -2.22. The van der Waals surface area contributed by atoms with E-state index in [0.29, 0.717) is 11.9 Å². The van der Waals surface area contributed by atoms with E-state index >= 15 is 0 Å². The second-order valence-electron chi connectivity index (χ2n) is 4.73. The van der Waals surface area contributed by atoms with Gasteiger partial charge in [0.15, 0.2) is 0 Å². The van der Waals surface area contributed by atoms with Crippen LogP contribution in [0, 0.1) is 0 Å². The van der Waals surface area contributed by atoms with Crippen molar-refractivity contribution >= 4 is 11.8 Å². The molecule has 1 atom stereocenters. The number of hydrogen-bond acceptors (Lipinski definition) is 5. The molecule has 0 spiro atoms. The third kappa shape index (κ3) is 3.33. The van der Waals surface area contributed by atoms with Crippen LogP contribution in [0.3, 0.4) is 0 Å². The van der Waals surface area contributed by atoms with Crippen LogP contribution in [0.5, 0.6) is 0 Å². The Hall–Kier alpha value is -1.40. The lowest BCUT2D eigenvalue weighted by molar-refractivity contribution is 0.508. The van der Waals surface area contributed by atoms with Crippen molar-refractivity contribution in [1.82, 2.24) is 25.9 Å². The maximum absolute atomic E-state index is 4.01. The number of benzene rings is 1. The topological polar surface area (TPSA) is 66.5 Å². The number of aromatic amines is 1. The van der Waals surface area contributed by atoms with Crippen LogP contribution in [0.15, 0.2) is 24.3 Å². The van der Waals surface area contributed by atoms with E-state index in [9.17, 15) is 0 Å². The zero-order valence-corrected chi connectivity index (χ0v) is 11.5. The van der Waals surface area contributed by atoms with E-state index in [2.05, 4.69) is 38.1 Å². The smallest absolute Gasteiger partial charge is 0.204 e. The molecule has 1 aromatic carbocycles. The summed E-state index contributed by atoms with van der Waals surface area (Å²) in [6.07, 6.45) is 2.61. The van der Waals surface area contributed by atoms with Crippen LogP contribution in [-0.2, 0) is 6.54 Å². The molecule has 0 aliphatic carbocycles. The van der Waals surface area contributed by atoms with Gasteiger partial charge < -0.3 is 5.32 Å². The van der Waals surface area contributed by atoms with Gasteiger partial charge >= 0.3 is 0 Å². The maximum Gasteiger partial charge on any atom is 0.204 e. The van der Waals surface area contributed by atoms with Crippen molar-refractivity contribution in [3.63, 3.8) is 0 Å². The van der Waals surface area contributed by atoms with E-state index in [0.717, 1.165) is 12.1 Å². The van der Waals surface area contributed by atoms with E-state index in [1.807, 2.05) is 23.9 Å². The van der Waals surface area contributed by atoms with Gasteiger partial charge in [-0.3, -0.25) is 0 Å². The number of nitrogens with one attached hydrogen (secondary N) is 2. The van der Waals surface area contributed by atoms with Gasteiger partial charge in [-0.25, -0.2) is 0 Å². The van der Waals surface area contributed by atoms with E-state index in [-0.39, 0.29) is 0 Å². The summed E-state index contributed by atoms with van der Waals surface area (Å²) in [6.45, 7) is 0.900. The first-order valence-corrected chi connectivity index (χ1v) is 7.71. The Labute approximate surface area is 116 Å². The highest BCUT2D eigenvalue weighted by molar-refractivity contribution is 7.99. The molecule has 1 saturated heterocycles. The van der Waals surface area contributed by atoms with Gasteiger partial charge in [0.25, 0.3) is 0 Å². The van der Waals surface area contributed by atoms with Crippen LogP contribution < -0.4 is 5.32 Å². The molecule has 0 radical (unpaired) electrons. The molecule has 3 rings (SSSR count). The normalized spacial score (nSPS) is 19.5. The molecule has 0 saturated carbocycles. The highest BCUT2D eigenvalue weighted by Crippen LogP contribution is 2.18. The molecule has 1 aliphatic rings. The SMILES string of the molecule is c1cc(CNC2CCCSC2)cc(-c2nn[nH]n2)c1. The fraction of sp³-hybridized carbons (Fsp3) is 0.462. The summed E-state index contributed by atoms with van der Waals surface area (Å²) < 4.78 is 0. The molecule has 5 nitrogen and oxygen atoms in total. The summed E-state index contributed by atoms with van der Waals surface area (Å²) in [7, 11) is 0. The summed E-state index contributed by atoms with van der Waals surface area (Å²) in [5.41, 5.74) is 2.27. The second kappa shape index (κ2) is 6.16. The Bertz CT molecular complexity index is 508. The van der Waals surface area contributed by atoms with Gasteiger partial charge in [0.1, 0.15) is 0 Å². The van der Waals surface area contributed by atoms with Gasteiger partial charge in [-0.15, -0.1) is 10.2 Å². The summed E-state index contributed by atoms with van der Waals surface area (Å²) in [6, 6.07) is 8.94. The standard InChI is InChI=1S/C13H17N5S/c1-3-10(8-14-12-5-2-6-19-9-12)7-11(4-1)13-15-17-18-16-13/h1,3-4,7,12,14H,2,5-6,8-9H2,(H,15,16,17,18). The lowest BCUT2D eigenvalue weighted by atomic mass is 10.1. The summed E-state index contributed by atoms with van der Waals surface area (Å²) >= 11 is 2.04. The zero-order valence-electron chi connectivity index (χ0n) is 10.7. The molecule has 1 aliphatic heterocycles. The second-order valence-corrected chi connectivity index (χ2v) is 5.88. The predicted molar refractivity (Wildman–Crippen MR) is 76.8 cm³/mol. The molecule has 0 amide bonds. The van der Waals surface area contributed by atoms with Crippen molar-refractivity contribution in [2.24, 2.45) is 0 Å². The number of hydrogen-bond donors (Lipinski definition) is 2. The third-order valence-electron chi connectivity index (χ3n) is 3.29. The van der Waals surface area contributed by atoms with Crippen LogP contribution in [0.2, 0.25) is 0 Å². The summed E-state index contributed by atoms with van der Waals surface area (Å²) in [5.74, 6) is 3.19. The van der Waals surface area contributed by atoms with Crippen molar-refractivity contribution in [3.05, 3.63) is 29.8 Å². The fourth-order valence-corrected chi connectivity index (χ4v) is 3.37. The lowest BCUT2D eigenvalue weighted by Crippen LogP contribution is -2.33. The van der Waals surface area contributed by atoms with Gasteiger partial charge in [-0.1, -0.05) is 18.2 Å². The van der Waals surface area contributed by atoms with Crippen molar-refractivity contribution < 1.29 is 0 Å². The molecular formula is C13H17N5S. The summed E-state index contributed by atoms with van der Waals surface area (Å²) in [4.78, 5) is 0.